The molecule has 1 heterocycles. The molecule has 0 saturated carbocycles. The summed E-state index contributed by atoms with van der Waals surface area (Å²) in [4.78, 5) is 41.0. The van der Waals surface area contributed by atoms with Gasteiger partial charge in [-0.2, -0.15) is 0 Å². The summed E-state index contributed by atoms with van der Waals surface area (Å²) >= 11 is 0. The first kappa shape index (κ1) is 19.8. The largest absolute Gasteiger partial charge is 0.339 e. The van der Waals surface area contributed by atoms with Crippen molar-refractivity contribution >= 4 is 17.6 Å². The number of carbonyl (C=O) groups is 3. The lowest BCUT2D eigenvalue weighted by Crippen LogP contribution is -2.50. The number of piperazine rings is 1. The Morgan fingerprint density at radius 1 is 0.821 bits per heavy atom. The third-order valence-corrected chi connectivity index (χ3v) is 5.20. The highest BCUT2D eigenvalue weighted by Crippen LogP contribution is 2.15. The van der Waals surface area contributed by atoms with Crippen molar-refractivity contribution in [1.82, 2.24) is 9.80 Å². The third-order valence-electron chi connectivity index (χ3n) is 5.20. The first-order valence-corrected chi connectivity index (χ1v) is 9.68. The van der Waals surface area contributed by atoms with Gasteiger partial charge in [-0.05, 0) is 37.6 Å². The molecule has 1 saturated heterocycles. The van der Waals surface area contributed by atoms with E-state index in [4.69, 9.17) is 0 Å². The summed E-state index contributed by atoms with van der Waals surface area (Å²) in [5, 5.41) is 0. The number of hydrogen-bond donors (Lipinski definition) is 0. The molecular weight excluding hydrogens is 352 g/mol. The molecule has 5 nitrogen and oxygen atoms in total. The number of benzene rings is 2. The van der Waals surface area contributed by atoms with Gasteiger partial charge in [-0.25, -0.2) is 0 Å². The van der Waals surface area contributed by atoms with E-state index in [1.807, 2.05) is 50.2 Å². The van der Waals surface area contributed by atoms with Crippen LogP contribution >= 0.6 is 0 Å². The predicted octanol–water partition coefficient (Wildman–Crippen LogP) is 3.25. The van der Waals surface area contributed by atoms with Crippen molar-refractivity contribution in [2.75, 3.05) is 26.2 Å². The predicted molar refractivity (Wildman–Crippen MR) is 108 cm³/mol. The molecule has 0 bridgehead atoms. The molecule has 2 aromatic rings. The van der Waals surface area contributed by atoms with Crippen LogP contribution in [0.5, 0.6) is 0 Å². The van der Waals surface area contributed by atoms with Crippen LogP contribution in [-0.2, 0) is 4.79 Å². The fourth-order valence-corrected chi connectivity index (χ4v) is 3.47. The van der Waals surface area contributed by atoms with E-state index in [0.717, 1.165) is 11.1 Å². The van der Waals surface area contributed by atoms with Crippen LogP contribution in [-0.4, -0.2) is 53.6 Å². The third kappa shape index (κ3) is 4.66. The van der Waals surface area contributed by atoms with Gasteiger partial charge in [0.2, 0.25) is 5.91 Å². The van der Waals surface area contributed by atoms with Gasteiger partial charge in [0.1, 0.15) is 0 Å². The van der Waals surface area contributed by atoms with Crippen LogP contribution in [0, 0.1) is 13.8 Å². The first-order valence-electron chi connectivity index (χ1n) is 9.68. The SMILES string of the molecule is Cc1ccc(C)c(C(=O)CCC(=O)N2CCN(C(=O)c3ccccc3)CC2)c1. The second kappa shape index (κ2) is 8.83. The Hall–Kier alpha value is -2.95. The Morgan fingerprint density at radius 2 is 1.46 bits per heavy atom. The molecule has 0 N–H and O–H groups in total. The number of hydrogen-bond acceptors (Lipinski definition) is 3. The van der Waals surface area contributed by atoms with Crippen LogP contribution in [0.1, 0.15) is 44.7 Å². The van der Waals surface area contributed by atoms with E-state index in [9.17, 15) is 14.4 Å². The molecule has 0 aliphatic carbocycles. The summed E-state index contributed by atoms with van der Waals surface area (Å²) in [5.41, 5.74) is 3.35. The molecule has 0 unspecified atom stereocenters. The Balaban J connectivity index is 1.49. The van der Waals surface area contributed by atoms with Crippen molar-refractivity contribution < 1.29 is 14.4 Å². The zero-order valence-electron chi connectivity index (χ0n) is 16.5. The van der Waals surface area contributed by atoms with Crippen LogP contribution in [0.4, 0.5) is 0 Å². The zero-order valence-corrected chi connectivity index (χ0v) is 16.5. The lowest BCUT2D eigenvalue weighted by molar-refractivity contribution is -0.132. The zero-order chi connectivity index (χ0) is 20.1. The average molecular weight is 378 g/mol. The summed E-state index contributed by atoms with van der Waals surface area (Å²) < 4.78 is 0. The van der Waals surface area contributed by atoms with E-state index in [1.165, 1.54) is 0 Å². The normalized spacial score (nSPS) is 14.1. The molecular formula is C23H26N2O3. The lowest BCUT2D eigenvalue weighted by Gasteiger charge is -2.35. The molecule has 2 aromatic carbocycles. The molecule has 28 heavy (non-hydrogen) atoms. The van der Waals surface area contributed by atoms with Crippen molar-refractivity contribution in [2.45, 2.75) is 26.7 Å². The van der Waals surface area contributed by atoms with Crippen LogP contribution < -0.4 is 0 Å². The second-order valence-corrected chi connectivity index (χ2v) is 7.28. The number of ketones is 1. The molecule has 2 amide bonds. The van der Waals surface area contributed by atoms with Gasteiger partial charge in [0.25, 0.3) is 5.91 Å². The highest BCUT2D eigenvalue weighted by Gasteiger charge is 2.25. The van der Waals surface area contributed by atoms with Crippen LogP contribution in [0.2, 0.25) is 0 Å². The number of rotatable bonds is 5. The molecule has 1 aliphatic rings. The number of Topliss-reactive ketones (excluding diaryl/α,β-unsaturated/α-hetero) is 1. The maximum absolute atomic E-state index is 12.5. The monoisotopic (exact) mass is 378 g/mol. The smallest absolute Gasteiger partial charge is 0.253 e. The average Bonchev–Trinajstić information content (AvgIpc) is 2.73. The summed E-state index contributed by atoms with van der Waals surface area (Å²) in [5.74, 6) is -0.0179. The van der Waals surface area contributed by atoms with Crippen molar-refractivity contribution in [3.8, 4) is 0 Å². The van der Waals surface area contributed by atoms with E-state index in [-0.39, 0.29) is 30.4 Å². The minimum absolute atomic E-state index is 0.00204. The van der Waals surface area contributed by atoms with Gasteiger partial charge in [0.05, 0.1) is 0 Å². The van der Waals surface area contributed by atoms with Crippen LogP contribution in [0.15, 0.2) is 48.5 Å². The summed E-state index contributed by atoms with van der Waals surface area (Å²) in [7, 11) is 0. The Labute approximate surface area is 166 Å². The number of nitrogens with zero attached hydrogens (tertiary/aromatic N) is 2. The van der Waals surface area contributed by atoms with Gasteiger partial charge in [-0.1, -0.05) is 35.9 Å². The Bertz CT molecular complexity index is 869. The highest BCUT2D eigenvalue weighted by atomic mass is 16.2. The van der Waals surface area contributed by atoms with Gasteiger partial charge in [-0.3, -0.25) is 14.4 Å². The Kier molecular flexibility index (Phi) is 6.24. The van der Waals surface area contributed by atoms with Gasteiger partial charge in [0.15, 0.2) is 5.78 Å². The first-order chi connectivity index (χ1) is 13.5. The minimum atomic E-state index is -0.0227. The van der Waals surface area contributed by atoms with Gasteiger partial charge < -0.3 is 9.80 Å². The topological polar surface area (TPSA) is 57.7 Å². The van der Waals surface area contributed by atoms with Crippen LogP contribution in [0.25, 0.3) is 0 Å². The Morgan fingerprint density at radius 3 is 2.14 bits per heavy atom. The minimum Gasteiger partial charge on any atom is -0.339 e. The van der Waals surface area contributed by atoms with Crippen molar-refractivity contribution in [2.24, 2.45) is 0 Å². The van der Waals surface area contributed by atoms with E-state index in [2.05, 4.69) is 0 Å². The van der Waals surface area contributed by atoms with E-state index in [0.29, 0.717) is 37.3 Å². The molecule has 0 spiro atoms. The van der Waals surface area contributed by atoms with Crippen LogP contribution in [0.3, 0.4) is 0 Å². The maximum atomic E-state index is 12.5. The molecule has 0 atom stereocenters. The van der Waals surface area contributed by atoms with Gasteiger partial charge >= 0.3 is 0 Å². The molecule has 5 heteroatoms. The molecule has 1 aliphatic heterocycles. The van der Waals surface area contributed by atoms with Gasteiger partial charge in [0, 0.05) is 50.1 Å². The number of aryl methyl sites for hydroxylation is 2. The fourth-order valence-electron chi connectivity index (χ4n) is 3.47. The molecule has 0 radical (unpaired) electrons. The van der Waals surface area contributed by atoms with E-state index < -0.39 is 0 Å². The summed E-state index contributed by atoms with van der Waals surface area (Å²) in [6, 6.07) is 15.0. The number of amides is 2. The molecule has 0 aromatic heterocycles. The van der Waals surface area contributed by atoms with Crippen molar-refractivity contribution in [1.29, 1.82) is 0 Å². The lowest BCUT2D eigenvalue weighted by atomic mass is 9.99. The number of carbonyl (C=O) groups excluding carboxylic acids is 3. The molecule has 146 valence electrons. The quantitative estimate of drug-likeness (QED) is 0.751. The summed E-state index contributed by atoms with van der Waals surface area (Å²) in [6.45, 7) is 5.92. The fraction of sp³-hybridized carbons (Fsp3) is 0.348. The van der Waals surface area contributed by atoms with Gasteiger partial charge in [-0.15, -0.1) is 0 Å². The molecule has 3 rings (SSSR count). The second-order valence-electron chi connectivity index (χ2n) is 7.28. The standard InChI is InChI=1S/C23H26N2O3/c1-17-8-9-18(2)20(16-17)21(26)10-11-22(27)24-12-14-25(15-13-24)23(28)19-6-4-3-5-7-19/h3-9,16H,10-15H2,1-2H3. The van der Waals surface area contributed by atoms with Crippen molar-refractivity contribution in [3.05, 3.63) is 70.8 Å². The highest BCUT2D eigenvalue weighted by molar-refractivity contribution is 5.99. The maximum Gasteiger partial charge on any atom is 0.253 e. The van der Waals surface area contributed by atoms with E-state index >= 15 is 0 Å². The van der Waals surface area contributed by atoms with Crippen molar-refractivity contribution in [3.63, 3.8) is 0 Å². The summed E-state index contributed by atoms with van der Waals surface area (Å²) in [6.07, 6.45) is 0.422. The van der Waals surface area contributed by atoms with E-state index in [1.54, 1.807) is 21.9 Å². The molecule has 1 fully saturated rings.